The molecule has 0 spiro atoms. The van der Waals surface area contributed by atoms with Crippen LogP contribution in [0.2, 0.25) is 0 Å². The zero-order chi connectivity index (χ0) is 28.0. The minimum Gasteiger partial charge on any atom is -0.478 e. The van der Waals surface area contributed by atoms with Crippen molar-refractivity contribution in [1.29, 1.82) is 0 Å². The molecule has 1 atom stereocenters. The number of amides is 1. The highest BCUT2D eigenvalue weighted by atomic mass is 32.2. The normalized spacial score (nSPS) is 11.3. The van der Waals surface area contributed by atoms with Crippen LogP contribution in [0.4, 0.5) is 0 Å². The summed E-state index contributed by atoms with van der Waals surface area (Å²) in [5.74, 6) is -2.00. The lowest BCUT2D eigenvalue weighted by molar-refractivity contribution is -0.134. The lowest BCUT2D eigenvalue weighted by Crippen LogP contribution is -2.37. The molecule has 198 valence electrons. The molecule has 1 aromatic heterocycles. The van der Waals surface area contributed by atoms with Crippen molar-refractivity contribution in [3.63, 3.8) is 0 Å². The second-order valence-electron chi connectivity index (χ2n) is 8.24. The average Bonchev–Trinajstić information content (AvgIpc) is 2.95. The second-order valence-corrected chi connectivity index (χ2v) is 9.24. The van der Waals surface area contributed by atoms with Crippen LogP contribution in [0.1, 0.15) is 21.5 Å². The third kappa shape index (κ3) is 9.90. The first kappa shape index (κ1) is 28.8. The summed E-state index contributed by atoms with van der Waals surface area (Å²) in [6.45, 7) is 0. The number of hydrogen-bond donors (Lipinski definition) is 3. The van der Waals surface area contributed by atoms with Crippen molar-refractivity contribution in [3.8, 4) is 0 Å². The number of aldehydes is 1. The first-order chi connectivity index (χ1) is 18.8. The monoisotopic (exact) mass is 542 g/mol. The predicted octanol–water partition coefficient (Wildman–Crippen LogP) is 4.78. The average molecular weight is 543 g/mol. The quantitative estimate of drug-likeness (QED) is 0.148. The molecule has 39 heavy (non-hydrogen) atoms. The third-order valence-electron chi connectivity index (χ3n) is 5.32. The summed E-state index contributed by atoms with van der Waals surface area (Å²) in [5.41, 5.74) is 3.64. The highest BCUT2D eigenvalue weighted by Gasteiger charge is 2.13. The number of aromatic nitrogens is 1. The topological polar surface area (TPSA) is 134 Å². The van der Waals surface area contributed by atoms with E-state index in [1.54, 1.807) is 23.9 Å². The van der Waals surface area contributed by atoms with E-state index in [1.807, 2.05) is 66.7 Å². The van der Waals surface area contributed by atoms with E-state index in [9.17, 15) is 19.2 Å². The predicted molar refractivity (Wildman–Crippen MR) is 150 cm³/mol. The van der Waals surface area contributed by atoms with Crippen LogP contribution in [0.5, 0.6) is 0 Å². The lowest BCUT2D eigenvalue weighted by atomic mass is 10.1. The van der Waals surface area contributed by atoms with Gasteiger partial charge in [0, 0.05) is 28.9 Å². The van der Waals surface area contributed by atoms with Crippen molar-refractivity contribution < 1.29 is 29.4 Å². The van der Waals surface area contributed by atoms with Crippen molar-refractivity contribution >= 4 is 46.8 Å². The first-order valence-electron chi connectivity index (χ1n) is 11.9. The molecule has 0 fully saturated rings. The van der Waals surface area contributed by atoms with E-state index in [4.69, 9.17) is 10.2 Å². The number of benzene rings is 3. The number of rotatable bonds is 10. The van der Waals surface area contributed by atoms with Crippen LogP contribution in [0.15, 0.2) is 108 Å². The first-order valence-corrected chi connectivity index (χ1v) is 12.8. The smallest absolute Gasteiger partial charge is 0.328 e. The van der Waals surface area contributed by atoms with E-state index in [1.165, 1.54) is 0 Å². The van der Waals surface area contributed by atoms with Crippen LogP contribution in [-0.2, 0) is 26.6 Å². The third-order valence-corrected chi connectivity index (χ3v) is 6.32. The van der Waals surface area contributed by atoms with Gasteiger partial charge in [0.2, 0.25) is 0 Å². The maximum Gasteiger partial charge on any atom is 0.328 e. The van der Waals surface area contributed by atoms with Gasteiger partial charge in [-0.2, -0.15) is 0 Å². The SMILES string of the molecule is O=C(O)/C=C/C(=O)O.O=C[C@H](Cc1ccccc1)NC(=O)c1ccc(CSc2ccc3ccccc3n2)cc1. The zero-order valence-corrected chi connectivity index (χ0v) is 21.6. The highest BCUT2D eigenvalue weighted by Crippen LogP contribution is 2.23. The summed E-state index contributed by atoms with van der Waals surface area (Å²) in [7, 11) is 0. The van der Waals surface area contributed by atoms with E-state index in [2.05, 4.69) is 22.4 Å². The van der Waals surface area contributed by atoms with Crippen LogP contribution < -0.4 is 5.32 Å². The molecule has 4 rings (SSSR count). The van der Waals surface area contributed by atoms with E-state index >= 15 is 0 Å². The Labute approximate surface area is 229 Å². The molecule has 1 amide bonds. The van der Waals surface area contributed by atoms with E-state index in [0.29, 0.717) is 24.1 Å². The van der Waals surface area contributed by atoms with Crippen molar-refractivity contribution in [2.45, 2.75) is 23.2 Å². The number of fused-ring (bicyclic) bond motifs is 1. The molecule has 0 radical (unpaired) electrons. The molecule has 3 aromatic carbocycles. The number of carboxylic acids is 2. The maximum absolute atomic E-state index is 12.5. The van der Waals surface area contributed by atoms with Gasteiger partial charge in [0.15, 0.2) is 0 Å². The molecule has 4 aromatic rings. The molecule has 0 aliphatic carbocycles. The Morgan fingerprint density at radius 3 is 2.08 bits per heavy atom. The van der Waals surface area contributed by atoms with Crippen molar-refractivity contribution in [1.82, 2.24) is 10.3 Å². The van der Waals surface area contributed by atoms with Gasteiger partial charge in [-0.3, -0.25) is 4.79 Å². The number of hydrogen-bond acceptors (Lipinski definition) is 6. The number of thioether (sulfide) groups is 1. The Balaban J connectivity index is 0.000000459. The number of nitrogens with one attached hydrogen (secondary N) is 1. The van der Waals surface area contributed by atoms with Gasteiger partial charge < -0.3 is 20.3 Å². The Bertz CT molecular complexity index is 1440. The van der Waals surface area contributed by atoms with E-state index in [0.717, 1.165) is 39.1 Å². The summed E-state index contributed by atoms with van der Waals surface area (Å²) in [4.78, 5) is 47.7. The number of aliphatic carboxylic acids is 2. The Morgan fingerprint density at radius 2 is 1.44 bits per heavy atom. The molecule has 0 bridgehead atoms. The fraction of sp³-hybridized carbons (Fsp3) is 0.100. The fourth-order valence-electron chi connectivity index (χ4n) is 3.43. The Kier molecular flexibility index (Phi) is 11.0. The van der Waals surface area contributed by atoms with Gasteiger partial charge in [-0.1, -0.05) is 66.7 Å². The number of para-hydroxylation sites is 1. The van der Waals surface area contributed by atoms with Gasteiger partial charge in [0.05, 0.1) is 16.6 Å². The second kappa shape index (κ2) is 14.8. The maximum atomic E-state index is 12.5. The molecule has 0 saturated heterocycles. The van der Waals surface area contributed by atoms with Gasteiger partial charge in [-0.05, 0) is 41.8 Å². The number of carboxylic acid groups (broad SMARTS) is 2. The molecular formula is C30H26N2O6S. The molecule has 9 heteroatoms. The van der Waals surface area contributed by atoms with Gasteiger partial charge in [0.25, 0.3) is 5.91 Å². The molecule has 0 aliphatic heterocycles. The summed E-state index contributed by atoms with van der Waals surface area (Å²) in [6.07, 6.45) is 2.38. The minimum absolute atomic E-state index is 0.247. The molecule has 0 aliphatic rings. The van der Waals surface area contributed by atoms with E-state index < -0.39 is 18.0 Å². The van der Waals surface area contributed by atoms with Crippen LogP contribution >= 0.6 is 11.8 Å². The standard InChI is InChI=1S/C26H22N2O2S.C4H4O4/c29-17-23(16-19-6-2-1-3-7-19)27-26(30)22-12-10-20(11-13-22)18-31-25-15-14-21-8-4-5-9-24(21)28-25;5-3(6)1-2-4(7)8/h1-15,17,23H,16,18H2,(H,27,30);1-2H,(H,5,6)(H,7,8)/b;2-1+/t23-;/m0./s1. The lowest BCUT2D eigenvalue weighted by Gasteiger charge is -2.13. The van der Waals surface area contributed by atoms with E-state index in [-0.39, 0.29) is 5.91 Å². The number of carbonyl (C=O) groups excluding carboxylic acids is 2. The molecule has 3 N–H and O–H groups in total. The largest absolute Gasteiger partial charge is 0.478 e. The van der Waals surface area contributed by atoms with Crippen LogP contribution in [-0.4, -0.2) is 45.4 Å². The number of pyridine rings is 1. The van der Waals surface area contributed by atoms with Crippen molar-refractivity contribution in [3.05, 3.63) is 120 Å². The fourth-order valence-corrected chi connectivity index (χ4v) is 4.27. The molecule has 0 unspecified atom stereocenters. The van der Waals surface area contributed by atoms with Crippen LogP contribution in [0.25, 0.3) is 10.9 Å². The molecular weight excluding hydrogens is 516 g/mol. The summed E-state index contributed by atoms with van der Waals surface area (Å²) >= 11 is 1.66. The Hall–Kier alpha value is -4.76. The van der Waals surface area contributed by atoms with Crippen LogP contribution in [0, 0.1) is 0 Å². The van der Waals surface area contributed by atoms with Crippen molar-refractivity contribution in [2.24, 2.45) is 0 Å². The molecule has 1 heterocycles. The molecule has 0 saturated carbocycles. The zero-order valence-electron chi connectivity index (χ0n) is 20.8. The van der Waals surface area contributed by atoms with Crippen molar-refractivity contribution in [2.75, 3.05) is 0 Å². The Morgan fingerprint density at radius 1 is 0.795 bits per heavy atom. The summed E-state index contributed by atoms with van der Waals surface area (Å²) < 4.78 is 0. The van der Waals surface area contributed by atoms with Gasteiger partial charge in [-0.15, -0.1) is 11.8 Å². The minimum atomic E-state index is -1.26. The van der Waals surface area contributed by atoms with Gasteiger partial charge in [0.1, 0.15) is 6.29 Å². The van der Waals surface area contributed by atoms with Gasteiger partial charge in [-0.25, -0.2) is 14.6 Å². The van der Waals surface area contributed by atoms with Crippen LogP contribution in [0.3, 0.4) is 0 Å². The van der Waals surface area contributed by atoms with Gasteiger partial charge >= 0.3 is 11.9 Å². The molecule has 8 nitrogen and oxygen atoms in total. The highest BCUT2D eigenvalue weighted by molar-refractivity contribution is 7.98. The number of carbonyl (C=O) groups is 4. The summed E-state index contributed by atoms with van der Waals surface area (Å²) in [6, 6.07) is 28.7. The summed E-state index contributed by atoms with van der Waals surface area (Å²) in [5, 5.41) is 20.5. The number of nitrogens with zero attached hydrogens (tertiary/aromatic N) is 1.